The van der Waals surface area contributed by atoms with Gasteiger partial charge in [-0.2, -0.15) is 0 Å². The minimum atomic E-state index is 0.529. The zero-order chi connectivity index (χ0) is 11.5. The summed E-state index contributed by atoms with van der Waals surface area (Å²) in [5, 5.41) is 1.12. The van der Waals surface area contributed by atoms with Crippen molar-refractivity contribution in [2.75, 3.05) is 19.8 Å². The minimum Gasteiger partial charge on any atom is -0.492 e. The average Bonchev–Trinajstić information content (AvgIpc) is 2.89. The van der Waals surface area contributed by atoms with Crippen LogP contribution in [0.5, 0.6) is 5.75 Å². The molecule has 3 nitrogen and oxygen atoms in total. The monoisotopic (exact) mass is 229 g/mol. The molecule has 0 bridgehead atoms. The Morgan fingerprint density at radius 1 is 1.35 bits per heavy atom. The second kappa shape index (κ2) is 4.72. The minimum absolute atomic E-state index is 0.529. The van der Waals surface area contributed by atoms with Gasteiger partial charge in [0.15, 0.2) is 0 Å². The lowest BCUT2D eigenvalue weighted by atomic mass is 10.1. The van der Waals surface area contributed by atoms with E-state index in [-0.39, 0.29) is 0 Å². The van der Waals surface area contributed by atoms with E-state index < -0.39 is 0 Å². The van der Waals surface area contributed by atoms with Gasteiger partial charge in [0.2, 0.25) is 0 Å². The van der Waals surface area contributed by atoms with Crippen LogP contribution in [0.25, 0.3) is 10.9 Å². The smallest absolute Gasteiger partial charge is 0.138 e. The number of ether oxygens (including phenoxy) is 2. The van der Waals surface area contributed by atoms with Crippen LogP contribution in [0.3, 0.4) is 0 Å². The second-order valence-corrected chi connectivity index (χ2v) is 4.40. The third-order valence-corrected chi connectivity index (χ3v) is 3.08. The van der Waals surface area contributed by atoms with Crippen molar-refractivity contribution in [2.24, 2.45) is 5.92 Å². The molecule has 1 saturated heterocycles. The number of aromatic nitrogens is 1. The van der Waals surface area contributed by atoms with Gasteiger partial charge in [0.25, 0.3) is 0 Å². The lowest BCUT2D eigenvalue weighted by molar-refractivity contribution is 0.167. The quantitative estimate of drug-likeness (QED) is 0.810. The molecule has 2 heterocycles. The fraction of sp³-hybridized carbons (Fsp3) is 0.357. The Morgan fingerprint density at radius 3 is 3.18 bits per heavy atom. The first-order chi connectivity index (χ1) is 8.42. The van der Waals surface area contributed by atoms with Gasteiger partial charge in [0.05, 0.1) is 24.9 Å². The molecule has 3 heteroatoms. The molecule has 1 atom stereocenters. The summed E-state index contributed by atoms with van der Waals surface area (Å²) in [6.45, 7) is 2.41. The molecule has 1 fully saturated rings. The molecule has 1 aliphatic heterocycles. The van der Waals surface area contributed by atoms with Crippen molar-refractivity contribution in [3.05, 3.63) is 36.5 Å². The molecule has 0 saturated carbocycles. The van der Waals surface area contributed by atoms with Crippen LogP contribution in [-0.4, -0.2) is 24.8 Å². The zero-order valence-electron chi connectivity index (χ0n) is 9.63. The number of rotatable bonds is 3. The highest BCUT2D eigenvalue weighted by Crippen LogP contribution is 2.20. The summed E-state index contributed by atoms with van der Waals surface area (Å²) in [4.78, 5) is 4.37. The molecule has 0 amide bonds. The van der Waals surface area contributed by atoms with E-state index in [1.807, 2.05) is 30.3 Å². The van der Waals surface area contributed by atoms with E-state index in [4.69, 9.17) is 9.47 Å². The van der Waals surface area contributed by atoms with Gasteiger partial charge >= 0.3 is 0 Å². The Labute approximate surface area is 100 Å². The maximum Gasteiger partial charge on any atom is 0.138 e. The normalized spacial score (nSPS) is 19.6. The maximum absolute atomic E-state index is 5.76. The van der Waals surface area contributed by atoms with E-state index in [0.29, 0.717) is 5.92 Å². The van der Waals surface area contributed by atoms with Crippen LogP contribution in [0, 0.1) is 5.92 Å². The Hall–Kier alpha value is -1.61. The standard InChI is InChI=1S/C14H15NO2/c1-2-4-14-12(3-1)7-13(8-15-14)17-10-11-5-6-16-9-11/h1-4,7-8,11H,5-6,9-10H2. The number of para-hydroxylation sites is 1. The Balaban J connectivity index is 1.72. The number of benzene rings is 1. The Bertz CT molecular complexity index is 506. The number of nitrogens with zero attached hydrogens (tertiary/aromatic N) is 1. The van der Waals surface area contributed by atoms with Crippen molar-refractivity contribution in [1.82, 2.24) is 4.98 Å². The number of fused-ring (bicyclic) bond motifs is 1. The van der Waals surface area contributed by atoms with Crippen molar-refractivity contribution in [3.63, 3.8) is 0 Å². The van der Waals surface area contributed by atoms with Crippen LogP contribution >= 0.6 is 0 Å². The highest BCUT2D eigenvalue weighted by molar-refractivity contribution is 5.79. The summed E-state index contributed by atoms with van der Waals surface area (Å²) in [6, 6.07) is 10.1. The van der Waals surface area contributed by atoms with E-state index in [2.05, 4.69) is 4.98 Å². The highest BCUT2D eigenvalue weighted by Gasteiger charge is 2.16. The maximum atomic E-state index is 5.76. The van der Waals surface area contributed by atoms with Gasteiger partial charge in [-0.3, -0.25) is 4.98 Å². The molecule has 88 valence electrons. The molecule has 3 rings (SSSR count). The second-order valence-electron chi connectivity index (χ2n) is 4.40. The molecule has 0 spiro atoms. The van der Waals surface area contributed by atoms with E-state index in [0.717, 1.165) is 42.9 Å². The van der Waals surface area contributed by atoms with Gasteiger partial charge in [0.1, 0.15) is 5.75 Å². The van der Waals surface area contributed by atoms with Crippen molar-refractivity contribution >= 4 is 10.9 Å². The van der Waals surface area contributed by atoms with Crippen LogP contribution in [0.1, 0.15) is 6.42 Å². The molecule has 1 aromatic heterocycles. The summed E-state index contributed by atoms with van der Waals surface area (Å²) >= 11 is 0. The molecule has 0 aliphatic carbocycles. The lowest BCUT2D eigenvalue weighted by Crippen LogP contribution is -2.11. The van der Waals surface area contributed by atoms with E-state index >= 15 is 0 Å². The number of hydrogen-bond acceptors (Lipinski definition) is 3. The average molecular weight is 229 g/mol. The summed E-state index contributed by atoms with van der Waals surface area (Å²) in [6.07, 6.45) is 2.89. The number of hydrogen-bond donors (Lipinski definition) is 0. The van der Waals surface area contributed by atoms with E-state index in [9.17, 15) is 0 Å². The molecular formula is C14H15NO2. The van der Waals surface area contributed by atoms with Crippen molar-refractivity contribution < 1.29 is 9.47 Å². The zero-order valence-corrected chi connectivity index (χ0v) is 9.63. The van der Waals surface area contributed by atoms with Gasteiger partial charge in [-0.15, -0.1) is 0 Å². The third kappa shape index (κ3) is 2.39. The predicted molar refractivity (Wildman–Crippen MR) is 66.2 cm³/mol. The molecule has 0 radical (unpaired) electrons. The first-order valence-electron chi connectivity index (χ1n) is 5.97. The molecule has 1 aliphatic rings. The largest absolute Gasteiger partial charge is 0.492 e. The first kappa shape index (κ1) is 10.5. The molecule has 2 aromatic rings. The Morgan fingerprint density at radius 2 is 2.29 bits per heavy atom. The van der Waals surface area contributed by atoms with Crippen molar-refractivity contribution in [3.8, 4) is 5.75 Å². The van der Waals surface area contributed by atoms with Gasteiger partial charge < -0.3 is 9.47 Å². The SMILES string of the molecule is c1ccc2ncc(OCC3CCOC3)cc2c1. The van der Waals surface area contributed by atoms with Crippen LogP contribution in [0.2, 0.25) is 0 Å². The predicted octanol–water partition coefficient (Wildman–Crippen LogP) is 2.65. The molecule has 1 unspecified atom stereocenters. The van der Waals surface area contributed by atoms with Gasteiger partial charge in [-0.25, -0.2) is 0 Å². The molecular weight excluding hydrogens is 214 g/mol. The third-order valence-electron chi connectivity index (χ3n) is 3.08. The van der Waals surface area contributed by atoms with Crippen LogP contribution in [-0.2, 0) is 4.74 Å². The first-order valence-corrected chi connectivity index (χ1v) is 5.97. The fourth-order valence-corrected chi connectivity index (χ4v) is 2.06. The van der Waals surface area contributed by atoms with Gasteiger partial charge in [0, 0.05) is 17.9 Å². The van der Waals surface area contributed by atoms with Gasteiger partial charge in [-0.05, 0) is 18.6 Å². The van der Waals surface area contributed by atoms with Gasteiger partial charge in [-0.1, -0.05) is 18.2 Å². The Kier molecular flexibility index (Phi) is 2.92. The van der Waals surface area contributed by atoms with Crippen LogP contribution in [0.15, 0.2) is 36.5 Å². The topological polar surface area (TPSA) is 31.4 Å². The summed E-state index contributed by atoms with van der Waals surface area (Å²) in [5.41, 5.74) is 1.00. The summed E-state index contributed by atoms with van der Waals surface area (Å²) in [5.74, 6) is 1.37. The molecule has 17 heavy (non-hydrogen) atoms. The van der Waals surface area contributed by atoms with E-state index in [1.54, 1.807) is 6.20 Å². The van der Waals surface area contributed by atoms with Crippen molar-refractivity contribution in [1.29, 1.82) is 0 Å². The van der Waals surface area contributed by atoms with E-state index in [1.165, 1.54) is 0 Å². The van der Waals surface area contributed by atoms with Crippen LogP contribution in [0.4, 0.5) is 0 Å². The summed E-state index contributed by atoms with van der Waals surface area (Å²) in [7, 11) is 0. The highest BCUT2D eigenvalue weighted by atomic mass is 16.5. The van der Waals surface area contributed by atoms with Crippen molar-refractivity contribution in [2.45, 2.75) is 6.42 Å². The molecule has 0 N–H and O–H groups in total. The summed E-state index contributed by atoms with van der Waals surface area (Å²) < 4.78 is 11.1. The number of pyridine rings is 1. The fourth-order valence-electron chi connectivity index (χ4n) is 2.06. The lowest BCUT2D eigenvalue weighted by Gasteiger charge is -2.10. The molecule has 1 aromatic carbocycles. The van der Waals surface area contributed by atoms with Crippen LogP contribution < -0.4 is 4.74 Å².